The quantitative estimate of drug-likeness (QED) is 0.799. The van der Waals surface area contributed by atoms with Crippen LogP contribution in [0.2, 0.25) is 0 Å². The number of halogens is 3. The lowest BCUT2D eigenvalue weighted by atomic mass is 9.86. The van der Waals surface area contributed by atoms with Gasteiger partial charge in [-0.15, -0.1) is 0 Å². The van der Waals surface area contributed by atoms with Crippen LogP contribution < -0.4 is 5.32 Å². The molecule has 1 atom stereocenters. The maximum atomic E-state index is 12.2. The number of rotatable bonds is 7. The Hall–Kier alpha value is -1.60. The van der Waals surface area contributed by atoms with Gasteiger partial charge in [0.25, 0.3) is 0 Å². The molecule has 1 unspecified atom stereocenters. The number of nitrogens with one attached hydrogen (secondary N) is 1. The average Bonchev–Trinajstić information content (AvgIpc) is 2.55. The second kappa shape index (κ2) is 8.48. The number of carbonyl (C=O) groups excluding carboxylic acids is 1. The molecule has 0 spiro atoms. The molecule has 7 heteroatoms. The summed E-state index contributed by atoms with van der Waals surface area (Å²) in [7, 11) is 0. The molecule has 0 saturated carbocycles. The second-order valence-electron chi connectivity index (χ2n) is 6.05. The molecule has 0 aliphatic heterocycles. The molecule has 1 aromatic carbocycles. The first kappa shape index (κ1) is 18.7. The summed E-state index contributed by atoms with van der Waals surface area (Å²) in [5.74, 6) is -0.645. The molecule has 0 heterocycles. The van der Waals surface area contributed by atoms with E-state index in [2.05, 4.69) is 6.07 Å². The summed E-state index contributed by atoms with van der Waals surface area (Å²) in [4.78, 5) is 13.8. The van der Waals surface area contributed by atoms with E-state index in [0.29, 0.717) is 13.0 Å². The fraction of sp³-hybridized carbons (Fsp3) is 0.588. The Morgan fingerprint density at radius 1 is 1.33 bits per heavy atom. The van der Waals surface area contributed by atoms with E-state index in [9.17, 15) is 18.0 Å². The first-order chi connectivity index (χ1) is 11.4. The van der Waals surface area contributed by atoms with Crippen LogP contribution in [0.25, 0.3) is 0 Å². The summed E-state index contributed by atoms with van der Waals surface area (Å²) in [6, 6.07) is 7.97. The minimum atomic E-state index is -4.41. The predicted molar refractivity (Wildman–Crippen MR) is 84.5 cm³/mol. The van der Waals surface area contributed by atoms with Gasteiger partial charge in [-0.1, -0.05) is 24.3 Å². The Morgan fingerprint density at radius 2 is 2.08 bits per heavy atom. The zero-order valence-electron chi connectivity index (χ0n) is 13.5. The molecule has 1 aliphatic rings. The molecule has 0 aromatic heterocycles. The van der Waals surface area contributed by atoms with Gasteiger partial charge < -0.3 is 10.4 Å². The van der Waals surface area contributed by atoms with Crippen molar-refractivity contribution in [3.63, 3.8) is 0 Å². The van der Waals surface area contributed by atoms with Crippen molar-refractivity contribution in [3.8, 4) is 0 Å². The van der Waals surface area contributed by atoms with Crippen molar-refractivity contribution < 1.29 is 23.1 Å². The van der Waals surface area contributed by atoms with E-state index in [0.717, 1.165) is 24.8 Å². The molecule has 0 radical (unpaired) electrons. The molecule has 1 amide bonds. The third-order valence-corrected chi connectivity index (χ3v) is 4.21. The topological polar surface area (TPSA) is 52.6 Å². The summed E-state index contributed by atoms with van der Waals surface area (Å²) in [6.07, 6.45) is -1.13. The number of aryl methyl sites for hydroxylation is 1. The second-order valence-corrected chi connectivity index (χ2v) is 6.05. The van der Waals surface area contributed by atoms with Crippen molar-refractivity contribution in [2.45, 2.75) is 37.9 Å². The van der Waals surface area contributed by atoms with Crippen molar-refractivity contribution in [2.24, 2.45) is 0 Å². The zero-order valence-corrected chi connectivity index (χ0v) is 13.5. The number of alkyl halides is 3. The highest BCUT2D eigenvalue weighted by molar-refractivity contribution is 5.78. The Morgan fingerprint density at radius 3 is 2.79 bits per heavy atom. The normalized spacial score (nSPS) is 17.6. The molecule has 0 saturated heterocycles. The number of carbonyl (C=O) groups is 1. The Labute approximate surface area is 139 Å². The number of amides is 1. The molecule has 2 N–H and O–H groups in total. The van der Waals surface area contributed by atoms with E-state index in [1.54, 1.807) is 0 Å². The summed E-state index contributed by atoms with van der Waals surface area (Å²) in [5, 5.41) is 11.0. The molecule has 2 rings (SSSR count). The third kappa shape index (κ3) is 5.49. The molecule has 24 heavy (non-hydrogen) atoms. The van der Waals surface area contributed by atoms with E-state index >= 15 is 0 Å². The summed E-state index contributed by atoms with van der Waals surface area (Å²) < 4.78 is 36.7. The lowest BCUT2D eigenvalue weighted by molar-refractivity contribution is -0.139. The van der Waals surface area contributed by atoms with Crippen LogP contribution in [0.1, 0.15) is 36.4 Å². The highest BCUT2D eigenvalue weighted by Crippen LogP contribution is 2.34. The Balaban J connectivity index is 2.07. The summed E-state index contributed by atoms with van der Waals surface area (Å²) in [6.45, 7) is -0.972. The molecule has 0 bridgehead atoms. The van der Waals surface area contributed by atoms with Crippen molar-refractivity contribution >= 4 is 5.91 Å². The van der Waals surface area contributed by atoms with Crippen molar-refractivity contribution in [2.75, 3.05) is 26.2 Å². The van der Waals surface area contributed by atoms with Crippen LogP contribution in [0.4, 0.5) is 13.2 Å². The number of fused-ring (bicyclic) bond motifs is 1. The van der Waals surface area contributed by atoms with E-state index in [1.807, 2.05) is 28.4 Å². The van der Waals surface area contributed by atoms with Crippen molar-refractivity contribution in [1.29, 1.82) is 0 Å². The van der Waals surface area contributed by atoms with Gasteiger partial charge in [0.1, 0.15) is 6.54 Å². The van der Waals surface area contributed by atoms with Crippen LogP contribution in [0.3, 0.4) is 0 Å². The first-order valence-corrected chi connectivity index (χ1v) is 8.17. The van der Waals surface area contributed by atoms with Gasteiger partial charge in [0.05, 0.1) is 6.54 Å². The monoisotopic (exact) mass is 344 g/mol. The Bertz CT molecular complexity index is 549. The van der Waals surface area contributed by atoms with Gasteiger partial charge in [0.2, 0.25) is 5.91 Å². The van der Waals surface area contributed by atoms with Crippen LogP contribution in [0.15, 0.2) is 24.3 Å². The fourth-order valence-electron chi connectivity index (χ4n) is 3.17. The average molecular weight is 344 g/mol. The zero-order chi connectivity index (χ0) is 17.6. The number of aliphatic hydroxyl groups excluding tert-OH is 1. The van der Waals surface area contributed by atoms with Crippen molar-refractivity contribution in [1.82, 2.24) is 10.2 Å². The molecule has 1 aliphatic carbocycles. The van der Waals surface area contributed by atoms with Gasteiger partial charge in [-0.25, -0.2) is 0 Å². The van der Waals surface area contributed by atoms with Gasteiger partial charge in [-0.3, -0.25) is 9.69 Å². The maximum Gasteiger partial charge on any atom is 0.405 e. The first-order valence-electron chi connectivity index (χ1n) is 8.17. The van der Waals surface area contributed by atoms with Gasteiger partial charge in [0, 0.05) is 19.2 Å². The number of nitrogens with zero attached hydrogens (tertiary/aromatic N) is 1. The lowest BCUT2D eigenvalue weighted by Crippen LogP contribution is -2.43. The minimum Gasteiger partial charge on any atom is -0.396 e. The number of hydrogen-bond donors (Lipinski definition) is 2. The van der Waals surface area contributed by atoms with E-state index < -0.39 is 18.6 Å². The smallest absolute Gasteiger partial charge is 0.396 e. The van der Waals surface area contributed by atoms with Crippen LogP contribution in [-0.4, -0.2) is 48.3 Å². The maximum absolute atomic E-state index is 12.2. The van der Waals surface area contributed by atoms with Crippen molar-refractivity contribution in [3.05, 3.63) is 35.4 Å². The van der Waals surface area contributed by atoms with Crippen LogP contribution in [-0.2, 0) is 11.2 Å². The highest BCUT2D eigenvalue weighted by atomic mass is 19.4. The Kier molecular flexibility index (Phi) is 6.62. The lowest BCUT2D eigenvalue weighted by Gasteiger charge is -2.35. The molecule has 0 fully saturated rings. The van der Waals surface area contributed by atoms with E-state index in [1.165, 1.54) is 5.56 Å². The third-order valence-electron chi connectivity index (χ3n) is 4.21. The standard InChI is InChI=1S/C17H23F3N2O2/c18-17(19,20)12-21-16(24)11-22(9-4-10-23)15-8-3-6-13-5-1-2-7-14(13)15/h1-2,5,7,15,23H,3-4,6,8-12H2,(H,21,24). The van der Waals surface area contributed by atoms with Gasteiger partial charge in [-0.2, -0.15) is 13.2 Å². The number of hydrogen-bond acceptors (Lipinski definition) is 3. The summed E-state index contributed by atoms with van der Waals surface area (Å²) >= 11 is 0. The molecular formula is C17H23F3N2O2. The van der Waals surface area contributed by atoms with Gasteiger partial charge >= 0.3 is 6.18 Å². The minimum absolute atomic E-state index is 0.00173. The van der Waals surface area contributed by atoms with Crippen LogP contribution in [0.5, 0.6) is 0 Å². The predicted octanol–water partition coefficient (Wildman–Crippen LogP) is 2.43. The fourth-order valence-corrected chi connectivity index (χ4v) is 3.17. The molecular weight excluding hydrogens is 321 g/mol. The number of benzene rings is 1. The highest BCUT2D eigenvalue weighted by Gasteiger charge is 2.30. The van der Waals surface area contributed by atoms with Crippen LogP contribution in [0, 0.1) is 0 Å². The largest absolute Gasteiger partial charge is 0.405 e. The molecule has 4 nitrogen and oxygen atoms in total. The van der Waals surface area contributed by atoms with E-state index in [-0.39, 0.29) is 19.2 Å². The molecule has 134 valence electrons. The molecule has 1 aromatic rings. The van der Waals surface area contributed by atoms with Gasteiger partial charge in [-0.05, 0) is 36.8 Å². The summed E-state index contributed by atoms with van der Waals surface area (Å²) in [5.41, 5.74) is 2.35. The van der Waals surface area contributed by atoms with Gasteiger partial charge in [0.15, 0.2) is 0 Å². The van der Waals surface area contributed by atoms with Crippen LogP contribution >= 0.6 is 0 Å². The van der Waals surface area contributed by atoms with E-state index in [4.69, 9.17) is 5.11 Å². The number of aliphatic hydroxyl groups is 1. The SMILES string of the molecule is O=C(CN(CCCO)C1CCCc2ccccc21)NCC(F)(F)F.